The highest BCUT2D eigenvalue weighted by Gasteiger charge is 2.26. The van der Waals surface area contributed by atoms with Gasteiger partial charge in [0.25, 0.3) is 5.91 Å². The largest absolute Gasteiger partial charge is 0.322 e. The van der Waals surface area contributed by atoms with Gasteiger partial charge in [0.1, 0.15) is 0 Å². The first-order valence-electron chi connectivity index (χ1n) is 9.31. The lowest BCUT2D eigenvalue weighted by atomic mass is 9.89. The number of aromatic nitrogens is 1. The molecule has 28 heavy (non-hydrogen) atoms. The fourth-order valence-electron chi connectivity index (χ4n) is 2.74. The van der Waals surface area contributed by atoms with Gasteiger partial charge in [-0.25, -0.2) is 4.98 Å². The van der Waals surface area contributed by atoms with Crippen LogP contribution in [-0.2, 0) is 4.79 Å². The summed E-state index contributed by atoms with van der Waals surface area (Å²) in [5.74, 6) is -0.215. The maximum absolute atomic E-state index is 12.7. The summed E-state index contributed by atoms with van der Waals surface area (Å²) in [6.07, 6.45) is 0.742. The van der Waals surface area contributed by atoms with Crippen LogP contribution in [0.15, 0.2) is 36.4 Å². The van der Waals surface area contributed by atoms with Crippen LogP contribution in [0.3, 0.4) is 0 Å². The molecule has 5 nitrogen and oxygen atoms in total. The maximum Gasteiger partial charge on any atom is 0.255 e. The van der Waals surface area contributed by atoms with Crippen molar-refractivity contribution in [1.82, 2.24) is 4.98 Å². The van der Waals surface area contributed by atoms with Crippen LogP contribution in [0.4, 0.5) is 10.8 Å². The van der Waals surface area contributed by atoms with E-state index in [-0.39, 0.29) is 11.8 Å². The second-order valence-corrected chi connectivity index (χ2v) is 8.64. The summed E-state index contributed by atoms with van der Waals surface area (Å²) in [5, 5.41) is 6.45. The van der Waals surface area contributed by atoms with E-state index in [1.165, 1.54) is 11.3 Å². The fourth-order valence-corrected chi connectivity index (χ4v) is 3.64. The number of benzene rings is 2. The zero-order chi connectivity index (χ0) is 20.5. The first kappa shape index (κ1) is 20.0. The molecule has 3 aromatic rings. The molecule has 0 aliphatic heterocycles. The third-order valence-electron chi connectivity index (χ3n) is 5.09. The summed E-state index contributed by atoms with van der Waals surface area (Å²) < 4.78 is 0.860. The number of aryl methyl sites for hydroxylation is 2. The topological polar surface area (TPSA) is 71.1 Å². The van der Waals surface area contributed by atoms with E-state index in [1.807, 2.05) is 65.0 Å². The standard InChI is InChI=1S/C22H25N3O2S/c1-6-22(4,5)20(27)25-21-23-16-11-10-15(12-17(16)28-21)19(26)24-18-13(2)8-7-9-14(18)3/h7-12H,6H2,1-5H3,(H,24,26)(H,23,25,27). The average Bonchev–Trinajstić information content (AvgIpc) is 3.06. The molecule has 0 fully saturated rings. The van der Waals surface area contributed by atoms with Crippen LogP contribution >= 0.6 is 11.3 Å². The Kier molecular flexibility index (Phi) is 5.52. The summed E-state index contributed by atoms with van der Waals surface area (Å²) in [6.45, 7) is 9.75. The molecule has 0 aliphatic carbocycles. The summed E-state index contributed by atoms with van der Waals surface area (Å²) in [4.78, 5) is 29.6. The van der Waals surface area contributed by atoms with E-state index in [9.17, 15) is 9.59 Å². The number of hydrogen-bond donors (Lipinski definition) is 2. The van der Waals surface area contributed by atoms with Gasteiger partial charge >= 0.3 is 0 Å². The lowest BCUT2D eigenvalue weighted by molar-refractivity contribution is -0.124. The summed E-state index contributed by atoms with van der Waals surface area (Å²) in [6, 6.07) is 11.3. The van der Waals surface area contributed by atoms with Crippen molar-refractivity contribution in [2.24, 2.45) is 5.41 Å². The molecule has 0 bridgehead atoms. The van der Waals surface area contributed by atoms with Crippen molar-refractivity contribution in [1.29, 1.82) is 0 Å². The van der Waals surface area contributed by atoms with Gasteiger partial charge in [0.15, 0.2) is 5.13 Å². The molecular formula is C22H25N3O2S. The van der Waals surface area contributed by atoms with Crippen LogP contribution in [0.1, 0.15) is 48.7 Å². The van der Waals surface area contributed by atoms with E-state index >= 15 is 0 Å². The number of amides is 2. The van der Waals surface area contributed by atoms with Gasteiger partial charge < -0.3 is 10.6 Å². The molecule has 2 amide bonds. The zero-order valence-electron chi connectivity index (χ0n) is 16.8. The van der Waals surface area contributed by atoms with Crippen LogP contribution in [0.25, 0.3) is 10.2 Å². The van der Waals surface area contributed by atoms with Gasteiger partial charge in [-0.05, 0) is 49.6 Å². The van der Waals surface area contributed by atoms with Crippen LogP contribution in [0, 0.1) is 19.3 Å². The number of nitrogens with one attached hydrogen (secondary N) is 2. The van der Waals surface area contributed by atoms with Crippen molar-refractivity contribution in [2.45, 2.75) is 41.0 Å². The summed E-state index contributed by atoms with van der Waals surface area (Å²) >= 11 is 1.37. The van der Waals surface area contributed by atoms with Crippen LogP contribution in [0.5, 0.6) is 0 Å². The first-order valence-corrected chi connectivity index (χ1v) is 10.1. The Morgan fingerprint density at radius 1 is 1.07 bits per heavy atom. The number of anilines is 2. The lowest BCUT2D eigenvalue weighted by Crippen LogP contribution is -2.29. The Morgan fingerprint density at radius 2 is 1.75 bits per heavy atom. The van der Waals surface area contributed by atoms with Gasteiger partial charge in [-0.3, -0.25) is 9.59 Å². The normalized spacial score (nSPS) is 11.5. The van der Waals surface area contributed by atoms with Gasteiger partial charge in [0, 0.05) is 16.7 Å². The Labute approximate surface area is 169 Å². The number of thiazole rings is 1. The number of carbonyl (C=O) groups is 2. The zero-order valence-corrected chi connectivity index (χ0v) is 17.7. The fraction of sp³-hybridized carbons (Fsp3) is 0.318. The lowest BCUT2D eigenvalue weighted by Gasteiger charge is -2.20. The number of nitrogens with zero attached hydrogens (tertiary/aromatic N) is 1. The Morgan fingerprint density at radius 3 is 2.39 bits per heavy atom. The van der Waals surface area contributed by atoms with Crippen molar-refractivity contribution in [3.63, 3.8) is 0 Å². The number of carbonyl (C=O) groups excluding carboxylic acids is 2. The number of para-hydroxylation sites is 1. The second kappa shape index (κ2) is 7.72. The molecule has 0 saturated heterocycles. The molecule has 146 valence electrons. The van der Waals surface area contributed by atoms with E-state index in [1.54, 1.807) is 6.07 Å². The van der Waals surface area contributed by atoms with Crippen LogP contribution in [-0.4, -0.2) is 16.8 Å². The molecule has 0 aliphatic rings. The smallest absolute Gasteiger partial charge is 0.255 e. The molecule has 6 heteroatoms. The van der Waals surface area contributed by atoms with Gasteiger partial charge in [-0.1, -0.05) is 50.3 Å². The SMILES string of the molecule is CCC(C)(C)C(=O)Nc1nc2ccc(C(=O)Nc3c(C)cccc3C)cc2s1. The Balaban J connectivity index is 1.82. The molecule has 2 aromatic carbocycles. The second-order valence-electron chi connectivity index (χ2n) is 7.61. The molecule has 0 saturated carbocycles. The highest BCUT2D eigenvalue weighted by atomic mass is 32.1. The van der Waals surface area contributed by atoms with Crippen molar-refractivity contribution in [2.75, 3.05) is 10.6 Å². The highest BCUT2D eigenvalue weighted by Crippen LogP contribution is 2.30. The van der Waals surface area contributed by atoms with E-state index in [4.69, 9.17) is 0 Å². The van der Waals surface area contributed by atoms with Crippen LogP contribution in [0.2, 0.25) is 0 Å². The molecule has 1 aromatic heterocycles. The van der Waals surface area contributed by atoms with E-state index in [0.29, 0.717) is 10.7 Å². The van der Waals surface area contributed by atoms with E-state index in [2.05, 4.69) is 15.6 Å². The molecular weight excluding hydrogens is 370 g/mol. The third-order valence-corrected chi connectivity index (χ3v) is 6.02. The predicted molar refractivity (Wildman–Crippen MR) is 116 cm³/mol. The maximum atomic E-state index is 12.7. The van der Waals surface area contributed by atoms with Crippen molar-refractivity contribution >= 4 is 44.2 Å². The summed E-state index contributed by atoms with van der Waals surface area (Å²) in [5.41, 5.74) is 3.76. The summed E-state index contributed by atoms with van der Waals surface area (Å²) in [7, 11) is 0. The molecule has 0 radical (unpaired) electrons. The highest BCUT2D eigenvalue weighted by molar-refractivity contribution is 7.22. The quantitative estimate of drug-likeness (QED) is 0.596. The first-order chi connectivity index (χ1) is 13.2. The van der Waals surface area contributed by atoms with Gasteiger partial charge in [0.2, 0.25) is 5.91 Å². The van der Waals surface area contributed by atoms with Crippen molar-refractivity contribution in [3.8, 4) is 0 Å². The van der Waals surface area contributed by atoms with Crippen molar-refractivity contribution in [3.05, 3.63) is 53.1 Å². The molecule has 1 heterocycles. The van der Waals surface area contributed by atoms with Crippen molar-refractivity contribution < 1.29 is 9.59 Å². The van der Waals surface area contributed by atoms with E-state index < -0.39 is 5.41 Å². The van der Waals surface area contributed by atoms with Crippen LogP contribution < -0.4 is 10.6 Å². The minimum Gasteiger partial charge on any atom is -0.322 e. The Bertz CT molecular complexity index is 1030. The molecule has 3 rings (SSSR count). The molecule has 0 spiro atoms. The molecule has 2 N–H and O–H groups in total. The number of rotatable bonds is 5. The minimum absolute atomic E-state index is 0.0537. The average molecular weight is 396 g/mol. The molecule has 0 atom stereocenters. The monoisotopic (exact) mass is 395 g/mol. The van der Waals surface area contributed by atoms with E-state index in [0.717, 1.165) is 33.5 Å². The Hall–Kier alpha value is -2.73. The predicted octanol–water partition coefficient (Wildman–Crippen LogP) is 5.54. The van der Waals surface area contributed by atoms with Gasteiger partial charge in [-0.2, -0.15) is 0 Å². The van der Waals surface area contributed by atoms with Gasteiger partial charge in [-0.15, -0.1) is 0 Å². The third kappa shape index (κ3) is 4.07. The minimum atomic E-state index is -0.450. The molecule has 0 unspecified atom stereocenters. The van der Waals surface area contributed by atoms with Gasteiger partial charge in [0.05, 0.1) is 10.2 Å². The number of fused-ring (bicyclic) bond motifs is 1. The number of hydrogen-bond acceptors (Lipinski definition) is 4.